The zero-order valence-corrected chi connectivity index (χ0v) is 32.1. The Balaban J connectivity index is 1.12. The third-order valence-electron chi connectivity index (χ3n) is 17.1. The summed E-state index contributed by atoms with van der Waals surface area (Å²) < 4.78 is 7.40. The first-order chi connectivity index (χ1) is 23.1. The molecule has 5 aliphatic rings. The molecule has 1 aromatic heterocycles. The maximum atomic E-state index is 14.6. The number of carbonyl (C=O) groups is 1. The van der Waals surface area contributed by atoms with E-state index in [2.05, 4.69) is 61.5 Å². The van der Waals surface area contributed by atoms with Gasteiger partial charge in [-0.2, -0.15) is 0 Å². The number of aliphatic hydroxyl groups is 1. The van der Waals surface area contributed by atoms with E-state index in [-0.39, 0.29) is 28.1 Å². The summed E-state index contributed by atoms with van der Waals surface area (Å²) in [5.74, 6) is 3.56. The molecule has 0 saturated heterocycles. The minimum atomic E-state index is -1.54. The van der Waals surface area contributed by atoms with E-state index in [9.17, 15) is 9.90 Å². The summed E-state index contributed by atoms with van der Waals surface area (Å²) in [7, 11) is 0. The van der Waals surface area contributed by atoms with Crippen molar-refractivity contribution in [3.63, 3.8) is 0 Å². The second-order valence-electron chi connectivity index (χ2n) is 19.2. The van der Waals surface area contributed by atoms with Gasteiger partial charge in [0.15, 0.2) is 5.60 Å². The molecule has 264 valence electrons. The smallest absolute Gasteiger partial charge is 0.344 e. The molecule has 5 aliphatic carbocycles. The number of rotatable bonds is 3. The zero-order valence-electron chi connectivity index (χ0n) is 31.3. The number of fused-ring (bicyclic) bond motifs is 8. The standard InChI is InChI=1S/C44H59NO3S/c1-27-19-21-40(5)24-25-41(6)31(36(40)28(27)2)17-18-35-42(41,7)22-20-34-39(3,4)23-26-44(47,43(34,35)8)38(46)48-30-15-13-29(14-16-30)37-45-32-11-9-10-12-33(32)49-37/h9-16,27-28,31,34-36,47H,17-26H2,1-8H3/t27-,28+,31-,34+,35+,36+,40-,41-,42-,43+,44?/m1/s1. The Hall–Kier alpha value is -2.24. The van der Waals surface area contributed by atoms with Crippen LogP contribution in [-0.4, -0.2) is 21.7 Å². The van der Waals surface area contributed by atoms with Crippen LogP contribution in [0, 0.1) is 62.6 Å². The van der Waals surface area contributed by atoms with Crippen LogP contribution in [-0.2, 0) is 4.79 Å². The van der Waals surface area contributed by atoms with Crippen molar-refractivity contribution in [1.29, 1.82) is 0 Å². The molecule has 5 fully saturated rings. The number of hydrogen-bond donors (Lipinski definition) is 1. The van der Waals surface area contributed by atoms with Crippen LogP contribution in [0.5, 0.6) is 5.75 Å². The highest BCUT2D eigenvalue weighted by molar-refractivity contribution is 7.21. The van der Waals surface area contributed by atoms with Gasteiger partial charge in [-0.25, -0.2) is 9.78 Å². The minimum absolute atomic E-state index is 0.0533. The second-order valence-corrected chi connectivity index (χ2v) is 20.3. The van der Waals surface area contributed by atoms with E-state index in [1.165, 1.54) is 38.5 Å². The van der Waals surface area contributed by atoms with Gasteiger partial charge in [0.1, 0.15) is 10.8 Å². The fourth-order valence-corrected chi connectivity index (χ4v) is 14.8. The van der Waals surface area contributed by atoms with Gasteiger partial charge in [0, 0.05) is 11.0 Å². The molecule has 2 aromatic carbocycles. The van der Waals surface area contributed by atoms with Crippen LogP contribution < -0.4 is 4.74 Å². The Labute approximate surface area is 298 Å². The predicted molar refractivity (Wildman–Crippen MR) is 200 cm³/mol. The van der Waals surface area contributed by atoms with E-state index in [0.717, 1.165) is 57.8 Å². The Morgan fingerprint density at radius 1 is 0.796 bits per heavy atom. The molecule has 5 saturated carbocycles. The van der Waals surface area contributed by atoms with Crippen molar-refractivity contribution in [2.45, 2.75) is 125 Å². The summed E-state index contributed by atoms with van der Waals surface area (Å²) >= 11 is 1.67. The van der Waals surface area contributed by atoms with Crippen LogP contribution in [0.25, 0.3) is 20.8 Å². The van der Waals surface area contributed by atoms with Crippen LogP contribution in [0.2, 0.25) is 0 Å². The molecule has 0 aliphatic heterocycles. The lowest BCUT2D eigenvalue weighted by atomic mass is 9.30. The van der Waals surface area contributed by atoms with E-state index in [0.29, 0.717) is 23.5 Å². The highest BCUT2D eigenvalue weighted by atomic mass is 32.1. The van der Waals surface area contributed by atoms with Crippen molar-refractivity contribution < 1.29 is 14.6 Å². The van der Waals surface area contributed by atoms with Crippen molar-refractivity contribution in [3.05, 3.63) is 48.5 Å². The average molecular weight is 682 g/mol. The molecule has 49 heavy (non-hydrogen) atoms. The molecule has 3 aromatic rings. The molecule has 0 spiro atoms. The molecule has 8 rings (SSSR count). The van der Waals surface area contributed by atoms with Crippen molar-refractivity contribution in [3.8, 4) is 16.3 Å². The van der Waals surface area contributed by atoms with Gasteiger partial charge in [-0.3, -0.25) is 0 Å². The molecular weight excluding hydrogens is 623 g/mol. The van der Waals surface area contributed by atoms with Crippen LogP contribution in [0.1, 0.15) is 120 Å². The third-order valence-corrected chi connectivity index (χ3v) is 18.1. The molecule has 0 amide bonds. The highest BCUT2D eigenvalue weighted by Gasteiger charge is 2.75. The molecular formula is C44H59NO3S. The van der Waals surface area contributed by atoms with Crippen LogP contribution >= 0.6 is 11.3 Å². The lowest BCUT2D eigenvalue weighted by molar-refractivity contribution is -0.290. The van der Waals surface area contributed by atoms with Gasteiger partial charge in [0.05, 0.1) is 10.2 Å². The number of carbonyl (C=O) groups excluding carboxylic acids is 1. The van der Waals surface area contributed by atoms with Crippen LogP contribution in [0.15, 0.2) is 48.5 Å². The van der Waals surface area contributed by atoms with E-state index in [1.54, 1.807) is 11.3 Å². The van der Waals surface area contributed by atoms with Gasteiger partial charge >= 0.3 is 5.97 Å². The van der Waals surface area contributed by atoms with Crippen molar-refractivity contribution in [2.75, 3.05) is 0 Å². The molecule has 1 unspecified atom stereocenters. The normalized spacial score (nSPS) is 44.3. The molecule has 1 heterocycles. The maximum Gasteiger partial charge on any atom is 0.344 e. The SMILES string of the molecule is C[C@@H]1[C@H]2[C@H]3CC[C@@H]4[C@]5(C)[C@@H](CC[C@@]4(C)[C@]3(C)CC[C@@]2(C)CC[C@H]1C)C(C)(C)CCC5(O)C(=O)Oc1ccc(-c2nc3ccccc3s2)cc1. The van der Waals surface area contributed by atoms with Gasteiger partial charge in [0.2, 0.25) is 0 Å². The largest absolute Gasteiger partial charge is 0.424 e. The molecule has 1 N–H and O–H groups in total. The zero-order chi connectivity index (χ0) is 34.8. The quantitative estimate of drug-likeness (QED) is 0.221. The number of hydrogen-bond acceptors (Lipinski definition) is 5. The van der Waals surface area contributed by atoms with E-state index in [4.69, 9.17) is 9.72 Å². The molecule has 0 bridgehead atoms. The number of aromatic nitrogens is 1. The number of thiazole rings is 1. The highest BCUT2D eigenvalue weighted by Crippen LogP contribution is 2.78. The number of ether oxygens (including phenoxy) is 1. The Bertz CT molecular complexity index is 1730. The number of benzene rings is 2. The first-order valence-electron chi connectivity index (χ1n) is 19.5. The first kappa shape index (κ1) is 33.9. The Morgan fingerprint density at radius 2 is 1.53 bits per heavy atom. The fourth-order valence-electron chi connectivity index (χ4n) is 13.8. The lowest BCUT2D eigenvalue weighted by Crippen LogP contribution is -2.73. The fraction of sp³-hybridized carbons (Fsp3) is 0.682. The summed E-state index contributed by atoms with van der Waals surface area (Å²) in [6, 6.07) is 15.9. The van der Waals surface area contributed by atoms with E-state index >= 15 is 0 Å². The summed E-state index contributed by atoms with van der Waals surface area (Å²) in [6.07, 6.45) is 11.2. The predicted octanol–water partition coefficient (Wildman–Crippen LogP) is 11.4. The minimum Gasteiger partial charge on any atom is -0.424 e. The van der Waals surface area contributed by atoms with Gasteiger partial charge in [0.25, 0.3) is 0 Å². The Morgan fingerprint density at radius 3 is 2.27 bits per heavy atom. The topological polar surface area (TPSA) is 59.4 Å². The summed E-state index contributed by atoms with van der Waals surface area (Å²) in [5, 5.41) is 14.0. The van der Waals surface area contributed by atoms with E-state index < -0.39 is 17.0 Å². The number of para-hydroxylation sites is 1. The van der Waals surface area contributed by atoms with Crippen molar-refractivity contribution in [2.24, 2.45) is 62.6 Å². The Kier molecular flexibility index (Phi) is 7.70. The first-order valence-corrected chi connectivity index (χ1v) is 20.3. The molecule has 5 heteroatoms. The van der Waals surface area contributed by atoms with Crippen LogP contribution in [0.3, 0.4) is 0 Å². The molecule has 11 atom stereocenters. The third kappa shape index (κ3) is 4.62. The summed E-state index contributed by atoms with van der Waals surface area (Å²) in [4.78, 5) is 19.4. The second kappa shape index (κ2) is 11.1. The van der Waals surface area contributed by atoms with Gasteiger partial charge in [-0.1, -0.05) is 67.5 Å². The van der Waals surface area contributed by atoms with Crippen molar-refractivity contribution in [1.82, 2.24) is 4.98 Å². The van der Waals surface area contributed by atoms with Gasteiger partial charge in [-0.05, 0) is 158 Å². The number of nitrogens with zero attached hydrogens (tertiary/aromatic N) is 1. The summed E-state index contributed by atoms with van der Waals surface area (Å²) in [5.41, 5.74) is 0.647. The maximum absolute atomic E-state index is 14.6. The average Bonchev–Trinajstić information content (AvgIpc) is 3.50. The molecule has 0 radical (unpaired) electrons. The summed E-state index contributed by atoms with van der Waals surface area (Å²) in [6.45, 7) is 20.0. The van der Waals surface area contributed by atoms with Crippen molar-refractivity contribution >= 4 is 27.5 Å². The lowest BCUT2D eigenvalue weighted by Gasteiger charge is -2.75. The van der Waals surface area contributed by atoms with Crippen LogP contribution in [0.4, 0.5) is 0 Å². The monoisotopic (exact) mass is 681 g/mol. The van der Waals surface area contributed by atoms with Gasteiger partial charge in [-0.15, -0.1) is 11.3 Å². The van der Waals surface area contributed by atoms with E-state index in [1.807, 2.05) is 42.5 Å². The van der Waals surface area contributed by atoms with Gasteiger partial charge < -0.3 is 9.84 Å². The molecule has 4 nitrogen and oxygen atoms in total. The number of esters is 1.